The molecule has 0 spiro atoms. The van der Waals surface area contributed by atoms with E-state index in [2.05, 4.69) is 5.32 Å². The molecule has 3 N–H and O–H groups in total. The van der Waals surface area contributed by atoms with Gasteiger partial charge in [-0.05, 0) is 24.8 Å². The van der Waals surface area contributed by atoms with Crippen LogP contribution in [0.1, 0.15) is 31.7 Å². The maximum atomic E-state index is 12.4. The summed E-state index contributed by atoms with van der Waals surface area (Å²) in [7, 11) is 0. The highest BCUT2D eigenvalue weighted by molar-refractivity contribution is 5.96. The summed E-state index contributed by atoms with van der Waals surface area (Å²) >= 11 is 0. The van der Waals surface area contributed by atoms with Gasteiger partial charge in [0, 0.05) is 11.3 Å². The van der Waals surface area contributed by atoms with Crippen LogP contribution < -0.4 is 5.32 Å². The molecule has 1 aliphatic carbocycles. The summed E-state index contributed by atoms with van der Waals surface area (Å²) in [6.07, 6.45) is 2.06. The van der Waals surface area contributed by atoms with Gasteiger partial charge in [-0.3, -0.25) is 9.59 Å². The Bertz CT molecular complexity index is 529. The highest BCUT2D eigenvalue weighted by atomic mass is 16.4. The van der Waals surface area contributed by atoms with E-state index < -0.39 is 17.8 Å². The molecule has 1 saturated carbocycles. The lowest BCUT2D eigenvalue weighted by Gasteiger charge is -2.17. The van der Waals surface area contributed by atoms with E-state index in [1.54, 1.807) is 24.3 Å². The highest BCUT2D eigenvalue weighted by Crippen LogP contribution is 2.39. The number of carboxylic acids is 1. The van der Waals surface area contributed by atoms with Gasteiger partial charge in [0.15, 0.2) is 0 Å². The average molecular weight is 291 g/mol. The van der Waals surface area contributed by atoms with Gasteiger partial charge >= 0.3 is 5.97 Å². The van der Waals surface area contributed by atoms with Crippen molar-refractivity contribution < 1.29 is 19.8 Å². The molecule has 0 aromatic heterocycles. The van der Waals surface area contributed by atoms with Crippen LogP contribution in [0.25, 0.3) is 0 Å². The number of benzene rings is 1. The van der Waals surface area contributed by atoms with E-state index in [1.807, 2.05) is 6.92 Å². The van der Waals surface area contributed by atoms with Crippen LogP contribution in [0.5, 0.6) is 0 Å². The second kappa shape index (κ2) is 6.72. The molecule has 1 aliphatic rings. The van der Waals surface area contributed by atoms with Gasteiger partial charge in [-0.2, -0.15) is 0 Å². The molecule has 2 rings (SSSR count). The summed E-state index contributed by atoms with van der Waals surface area (Å²) in [5.74, 6) is -1.99. The van der Waals surface area contributed by atoms with E-state index in [0.717, 1.165) is 6.42 Å². The zero-order valence-corrected chi connectivity index (χ0v) is 12.1. The Kier molecular flexibility index (Phi) is 4.96. The number of hydrogen-bond donors (Lipinski definition) is 3. The first-order chi connectivity index (χ1) is 10.1. The number of carbonyl (C=O) groups is 2. The summed E-state index contributed by atoms with van der Waals surface area (Å²) in [5.41, 5.74) is 1.18. The van der Waals surface area contributed by atoms with Crippen molar-refractivity contribution in [2.45, 2.75) is 32.8 Å². The number of anilines is 1. The van der Waals surface area contributed by atoms with Gasteiger partial charge in [-0.15, -0.1) is 0 Å². The number of aliphatic carboxylic acids is 1. The van der Waals surface area contributed by atoms with E-state index in [0.29, 0.717) is 24.1 Å². The lowest BCUT2D eigenvalue weighted by molar-refractivity contribution is -0.145. The first-order valence-corrected chi connectivity index (χ1v) is 7.29. The fourth-order valence-electron chi connectivity index (χ4n) is 3.04. The summed E-state index contributed by atoms with van der Waals surface area (Å²) in [6.45, 7) is 1.85. The Balaban J connectivity index is 2.13. The Labute approximate surface area is 124 Å². The first kappa shape index (κ1) is 15.5. The Morgan fingerprint density at radius 1 is 1.24 bits per heavy atom. The first-order valence-electron chi connectivity index (χ1n) is 7.29. The summed E-state index contributed by atoms with van der Waals surface area (Å²) < 4.78 is 0. The average Bonchev–Trinajstić information content (AvgIpc) is 2.92. The number of aliphatic hydroxyl groups is 1. The second-order valence-electron chi connectivity index (χ2n) is 5.60. The molecule has 3 atom stereocenters. The third-order valence-electron chi connectivity index (χ3n) is 4.34. The highest BCUT2D eigenvalue weighted by Gasteiger charge is 2.42. The van der Waals surface area contributed by atoms with Gasteiger partial charge < -0.3 is 15.5 Å². The van der Waals surface area contributed by atoms with Crippen LogP contribution in [0.3, 0.4) is 0 Å². The van der Waals surface area contributed by atoms with E-state index in [1.165, 1.54) is 0 Å². The van der Waals surface area contributed by atoms with Crippen molar-refractivity contribution in [3.05, 3.63) is 29.8 Å². The summed E-state index contributed by atoms with van der Waals surface area (Å²) in [5, 5.41) is 21.3. The molecule has 0 bridgehead atoms. The van der Waals surface area contributed by atoms with Crippen LogP contribution in [-0.4, -0.2) is 22.1 Å². The van der Waals surface area contributed by atoms with Gasteiger partial charge in [0.1, 0.15) is 0 Å². The van der Waals surface area contributed by atoms with Gasteiger partial charge in [0.25, 0.3) is 0 Å². The van der Waals surface area contributed by atoms with Crippen LogP contribution in [-0.2, 0) is 16.2 Å². The number of carboxylic acid groups (broad SMARTS) is 1. The molecule has 1 aromatic carbocycles. The molecule has 114 valence electrons. The van der Waals surface area contributed by atoms with Crippen LogP contribution in [0.2, 0.25) is 0 Å². The van der Waals surface area contributed by atoms with Crippen LogP contribution in [0.4, 0.5) is 5.69 Å². The summed E-state index contributed by atoms with van der Waals surface area (Å²) in [4.78, 5) is 23.7. The molecule has 1 fully saturated rings. The molecule has 1 aromatic rings. The fourth-order valence-corrected chi connectivity index (χ4v) is 3.04. The summed E-state index contributed by atoms with van der Waals surface area (Å²) in [6, 6.07) is 7.00. The number of carbonyl (C=O) groups excluding carboxylic acids is 1. The Morgan fingerprint density at radius 2 is 1.90 bits per heavy atom. The topological polar surface area (TPSA) is 86.6 Å². The van der Waals surface area contributed by atoms with Gasteiger partial charge in [-0.25, -0.2) is 0 Å². The molecule has 0 saturated heterocycles. The standard InChI is InChI=1S/C16H21NO4/c1-2-10-7-12(13(8-10)16(20)21)15(19)17-14-6-4-3-5-11(14)9-18/h3-6,10,12-13,18H,2,7-9H2,1H3,(H,17,19)(H,20,21)/t10?,12-,13+/m0/s1. The predicted molar refractivity (Wildman–Crippen MR) is 78.6 cm³/mol. The van der Waals surface area contributed by atoms with Crippen molar-refractivity contribution >= 4 is 17.6 Å². The monoisotopic (exact) mass is 291 g/mol. The Hall–Kier alpha value is -1.88. The van der Waals surface area contributed by atoms with Crippen molar-refractivity contribution in [3.63, 3.8) is 0 Å². The number of hydrogen-bond acceptors (Lipinski definition) is 3. The molecule has 5 heteroatoms. The van der Waals surface area contributed by atoms with Crippen molar-refractivity contribution in [2.24, 2.45) is 17.8 Å². The number of amides is 1. The van der Waals surface area contributed by atoms with Crippen molar-refractivity contribution in [1.82, 2.24) is 0 Å². The fraction of sp³-hybridized carbons (Fsp3) is 0.500. The smallest absolute Gasteiger partial charge is 0.307 e. The van der Waals surface area contributed by atoms with E-state index >= 15 is 0 Å². The predicted octanol–water partition coefficient (Wildman–Crippen LogP) is 2.25. The molecular formula is C16H21NO4. The zero-order valence-electron chi connectivity index (χ0n) is 12.1. The molecule has 1 amide bonds. The van der Waals surface area contributed by atoms with Crippen molar-refractivity contribution in [2.75, 3.05) is 5.32 Å². The van der Waals surface area contributed by atoms with Crippen LogP contribution in [0, 0.1) is 17.8 Å². The molecule has 0 aliphatic heterocycles. The van der Waals surface area contributed by atoms with Gasteiger partial charge in [0.05, 0.1) is 18.4 Å². The van der Waals surface area contributed by atoms with Gasteiger partial charge in [-0.1, -0.05) is 31.5 Å². The number of aliphatic hydroxyl groups excluding tert-OH is 1. The van der Waals surface area contributed by atoms with E-state index in [4.69, 9.17) is 0 Å². The minimum absolute atomic E-state index is 0.166. The third-order valence-corrected chi connectivity index (χ3v) is 4.34. The Morgan fingerprint density at radius 3 is 2.52 bits per heavy atom. The minimum Gasteiger partial charge on any atom is -0.481 e. The minimum atomic E-state index is -0.901. The molecule has 0 heterocycles. The second-order valence-corrected chi connectivity index (χ2v) is 5.60. The van der Waals surface area contributed by atoms with E-state index in [-0.39, 0.29) is 18.4 Å². The SMILES string of the molecule is CCC1C[C@H](C(=O)Nc2ccccc2CO)[C@H](C(=O)O)C1. The molecule has 1 unspecified atom stereocenters. The maximum Gasteiger partial charge on any atom is 0.307 e. The lowest BCUT2D eigenvalue weighted by atomic mass is 9.95. The maximum absolute atomic E-state index is 12.4. The molecule has 0 radical (unpaired) electrons. The van der Waals surface area contributed by atoms with Crippen LogP contribution >= 0.6 is 0 Å². The largest absolute Gasteiger partial charge is 0.481 e. The number of nitrogens with one attached hydrogen (secondary N) is 1. The van der Waals surface area contributed by atoms with Crippen molar-refractivity contribution in [3.8, 4) is 0 Å². The van der Waals surface area contributed by atoms with Gasteiger partial charge in [0.2, 0.25) is 5.91 Å². The normalized spacial score (nSPS) is 24.8. The zero-order chi connectivity index (χ0) is 15.4. The van der Waals surface area contributed by atoms with Crippen LogP contribution in [0.15, 0.2) is 24.3 Å². The number of rotatable bonds is 5. The quantitative estimate of drug-likeness (QED) is 0.776. The van der Waals surface area contributed by atoms with Crippen molar-refractivity contribution in [1.29, 1.82) is 0 Å². The van der Waals surface area contributed by atoms with E-state index in [9.17, 15) is 19.8 Å². The number of para-hydroxylation sites is 1. The molecule has 5 nitrogen and oxygen atoms in total. The third kappa shape index (κ3) is 3.42. The lowest BCUT2D eigenvalue weighted by Crippen LogP contribution is -2.30. The molecule has 21 heavy (non-hydrogen) atoms. The molecular weight excluding hydrogens is 270 g/mol.